The number of methoxy groups -OCH3 is 2. The maximum Gasteiger partial charge on any atom is 0.191 e. The molecule has 1 saturated carbocycles. The summed E-state index contributed by atoms with van der Waals surface area (Å²) in [5, 5.41) is 6.83. The zero-order valence-electron chi connectivity index (χ0n) is 17.3. The number of hydrogen-bond acceptors (Lipinski definition) is 3. The van der Waals surface area contributed by atoms with Crippen molar-refractivity contribution < 1.29 is 9.47 Å². The fourth-order valence-electron chi connectivity index (χ4n) is 3.42. The van der Waals surface area contributed by atoms with E-state index < -0.39 is 0 Å². The molecule has 0 spiro atoms. The van der Waals surface area contributed by atoms with E-state index >= 15 is 0 Å². The average Bonchev–Trinajstić information content (AvgIpc) is 2.61. The Morgan fingerprint density at radius 1 is 1.22 bits per heavy atom. The third kappa shape index (κ3) is 7.49. The van der Waals surface area contributed by atoms with Gasteiger partial charge in [0.1, 0.15) is 5.75 Å². The lowest BCUT2D eigenvalue weighted by molar-refractivity contribution is 0.0778. The molecule has 2 N–H and O–H groups in total. The monoisotopic (exact) mass is 489 g/mol. The first-order valence-electron chi connectivity index (χ1n) is 9.77. The summed E-state index contributed by atoms with van der Waals surface area (Å²) in [5.74, 6) is 1.86. The average molecular weight is 489 g/mol. The molecule has 2 rings (SSSR count). The summed E-state index contributed by atoms with van der Waals surface area (Å²) in [6, 6.07) is 6.40. The van der Waals surface area contributed by atoms with Gasteiger partial charge < -0.3 is 20.1 Å². The van der Waals surface area contributed by atoms with Crippen LogP contribution in [0.2, 0.25) is 0 Å². The van der Waals surface area contributed by atoms with Crippen LogP contribution in [0.1, 0.15) is 43.7 Å². The van der Waals surface area contributed by atoms with Crippen LogP contribution in [-0.4, -0.2) is 46.4 Å². The number of rotatable bonds is 10. The first kappa shape index (κ1) is 24.0. The van der Waals surface area contributed by atoms with Crippen LogP contribution in [0.3, 0.4) is 0 Å². The Morgan fingerprint density at radius 3 is 2.59 bits per heavy atom. The second-order valence-corrected chi connectivity index (χ2v) is 7.27. The highest BCUT2D eigenvalue weighted by Crippen LogP contribution is 2.44. The molecule has 0 radical (unpaired) electrons. The number of benzene rings is 1. The van der Waals surface area contributed by atoms with E-state index in [1.165, 1.54) is 30.4 Å². The molecule has 154 valence electrons. The molecule has 1 aromatic rings. The lowest BCUT2D eigenvalue weighted by Gasteiger charge is -2.40. The molecule has 0 aromatic heterocycles. The summed E-state index contributed by atoms with van der Waals surface area (Å²) in [5.41, 5.74) is 2.79. The van der Waals surface area contributed by atoms with Crippen LogP contribution in [0.15, 0.2) is 23.2 Å². The van der Waals surface area contributed by atoms with Gasteiger partial charge in [-0.1, -0.05) is 18.6 Å². The van der Waals surface area contributed by atoms with Crippen molar-refractivity contribution in [1.29, 1.82) is 0 Å². The molecule has 1 aromatic carbocycles. The van der Waals surface area contributed by atoms with Gasteiger partial charge in [0, 0.05) is 33.4 Å². The van der Waals surface area contributed by atoms with Crippen molar-refractivity contribution in [3.63, 3.8) is 0 Å². The first-order chi connectivity index (χ1) is 12.6. The topological polar surface area (TPSA) is 54.9 Å². The first-order valence-corrected chi connectivity index (χ1v) is 9.77. The molecule has 0 bridgehead atoms. The Balaban J connectivity index is 0.00000364. The van der Waals surface area contributed by atoms with Gasteiger partial charge in [-0.2, -0.15) is 0 Å². The van der Waals surface area contributed by atoms with E-state index in [9.17, 15) is 0 Å². The van der Waals surface area contributed by atoms with Gasteiger partial charge >= 0.3 is 0 Å². The van der Waals surface area contributed by atoms with E-state index in [0.717, 1.165) is 50.8 Å². The SMILES string of the molecule is CCNC(=NCC1(CCOC)CCC1)NCCc1ccc(C)c(OC)c1.I. The minimum absolute atomic E-state index is 0. The van der Waals surface area contributed by atoms with Crippen molar-refractivity contribution in [1.82, 2.24) is 10.6 Å². The Bertz CT molecular complexity index is 589. The fourth-order valence-corrected chi connectivity index (χ4v) is 3.42. The van der Waals surface area contributed by atoms with Gasteiger partial charge in [0.25, 0.3) is 0 Å². The number of hydrogen-bond donors (Lipinski definition) is 2. The lowest BCUT2D eigenvalue weighted by atomic mass is 9.67. The number of aliphatic imine (C=N–C) groups is 1. The molecule has 0 amide bonds. The number of ether oxygens (including phenoxy) is 2. The van der Waals surface area contributed by atoms with Crippen molar-refractivity contribution in [2.45, 2.75) is 46.0 Å². The molecule has 1 fully saturated rings. The molecule has 0 saturated heterocycles. The van der Waals surface area contributed by atoms with Crippen LogP contribution in [0.4, 0.5) is 0 Å². The Morgan fingerprint density at radius 2 is 2.00 bits per heavy atom. The quantitative estimate of drug-likeness (QED) is 0.297. The van der Waals surface area contributed by atoms with Crippen molar-refractivity contribution in [2.75, 3.05) is 40.5 Å². The standard InChI is InChI=1S/C21H35N3O2.HI/c1-5-22-20(24-16-21(10-6-11-21)12-14-25-3)23-13-9-18-8-7-17(2)19(15-18)26-4;/h7-8,15H,5-6,9-14,16H2,1-4H3,(H2,22,23,24);1H. The van der Waals surface area contributed by atoms with Gasteiger partial charge in [0.05, 0.1) is 7.11 Å². The molecule has 0 unspecified atom stereocenters. The van der Waals surface area contributed by atoms with Crippen molar-refractivity contribution in [2.24, 2.45) is 10.4 Å². The zero-order chi connectivity index (χ0) is 18.8. The number of guanidine groups is 1. The highest BCUT2D eigenvalue weighted by atomic mass is 127. The normalized spacial score (nSPS) is 15.5. The summed E-state index contributed by atoms with van der Waals surface area (Å²) in [7, 11) is 3.50. The molecule has 1 aliphatic carbocycles. The molecule has 0 aliphatic heterocycles. The van der Waals surface area contributed by atoms with Crippen molar-refractivity contribution in [3.8, 4) is 5.75 Å². The van der Waals surface area contributed by atoms with Gasteiger partial charge in [0.15, 0.2) is 5.96 Å². The predicted octanol–water partition coefficient (Wildman–Crippen LogP) is 3.93. The van der Waals surface area contributed by atoms with Crippen LogP contribution in [0, 0.1) is 12.3 Å². The van der Waals surface area contributed by atoms with Crippen LogP contribution >= 0.6 is 24.0 Å². The molecule has 0 heterocycles. The summed E-state index contributed by atoms with van der Waals surface area (Å²) in [6.07, 6.45) is 5.90. The van der Waals surface area contributed by atoms with E-state index in [1.807, 2.05) is 0 Å². The fraction of sp³-hybridized carbons (Fsp3) is 0.667. The third-order valence-corrected chi connectivity index (χ3v) is 5.35. The van der Waals surface area contributed by atoms with Crippen LogP contribution in [0.25, 0.3) is 0 Å². The van der Waals surface area contributed by atoms with E-state index in [2.05, 4.69) is 42.7 Å². The Hall–Kier alpha value is -1.02. The van der Waals surface area contributed by atoms with Gasteiger partial charge in [-0.25, -0.2) is 0 Å². The molecular weight excluding hydrogens is 453 g/mol. The van der Waals surface area contributed by atoms with Crippen LogP contribution in [0.5, 0.6) is 5.75 Å². The van der Waals surface area contributed by atoms with Crippen LogP contribution < -0.4 is 15.4 Å². The Labute approximate surface area is 181 Å². The summed E-state index contributed by atoms with van der Waals surface area (Å²) in [4.78, 5) is 4.85. The highest BCUT2D eigenvalue weighted by molar-refractivity contribution is 14.0. The van der Waals surface area contributed by atoms with E-state index in [0.29, 0.717) is 5.41 Å². The third-order valence-electron chi connectivity index (χ3n) is 5.35. The number of nitrogens with zero attached hydrogens (tertiary/aromatic N) is 1. The molecule has 1 aliphatic rings. The van der Waals surface area contributed by atoms with Gasteiger partial charge in [-0.3, -0.25) is 4.99 Å². The lowest BCUT2D eigenvalue weighted by Crippen LogP contribution is -2.41. The number of nitrogens with one attached hydrogen (secondary N) is 2. The molecular formula is C21H36IN3O2. The summed E-state index contributed by atoms with van der Waals surface area (Å²) in [6.45, 7) is 7.60. The summed E-state index contributed by atoms with van der Waals surface area (Å²) < 4.78 is 10.7. The second kappa shape index (κ2) is 12.4. The predicted molar refractivity (Wildman–Crippen MR) is 124 cm³/mol. The largest absolute Gasteiger partial charge is 0.496 e. The highest BCUT2D eigenvalue weighted by Gasteiger charge is 2.36. The van der Waals surface area contributed by atoms with E-state index in [1.54, 1.807) is 14.2 Å². The molecule has 0 atom stereocenters. The smallest absolute Gasteiger partial charge is 0.191 e. The van der Waals surface area contributed by atoms with Gasteiger partial charge in [-0.05, 0) is 62.1 Å². The molecule has 6 heteroatoms. The van der Waals surface area contributed by atoms with Crippen LogP contribution in [-0.2, 0) is 11.2 Å². The number of aryl methyl sites for hydroxylation is 1. The van der Waals surface area contributed by atoms with Gasteiger partial charge in [-0.15, -0.1) is 24.0 Å². The summed E-state index contributed by atoms with van der Waals surface area (Å²) >= 11 is 0. The maximum atomic E-state index is 5.41. The number of halogens is 1. The van der Waals surface area contributed by atoms with E-state index in [4.69, 9.17) is 14.5 Å². The van der Waals surface area contributed by atoms with Crippen molar-refractivity contribution in [3.05, 3.63) is 29.3 Å². The second-order valence-electron chi connectivity index (χ2n) is 7.27. The minimum atomic E-state index is 0. The zero-order valence-corrected chi connectivity index (χ0v) is 19.6. The Kier molecular flexibility index (Phi) is 11.1. The maximum absolute atomic E-state index is 5.41. The van der Waals surface area contributed by atoms with E-state index in [-0.39, 0.29) is 24.0 Å². The van der Waals surface area contributed by atoms with Crippen molar-refractivity contribution >= 4 is 29.9 Å². The molecule has 27 heavy (non-hydrogen) atoms. The molecule has 5 nitrogen and oxygen atoms in total. The van der Waals surface area contributed by atoms with Gasteiger partial charge in [0.2, 0.25) is 0 Å². The minimum Gasteiger partial charge on any atom is -0.496 e.